The Morgan fingerprint density at radius 1 is 0.955 bits per heavy atom. The van der Waals surface area contributed by atoms with Gasteiger partial charge in [0.15, 0.2) is 0 Å². The van der Waals surface area contributed by atoms with Gasteiger partial charge < -0.3 is 0 Å². The van der Waals surface area contributed by atoms with Gasteiger partial charge in [-0.1, -0.05) is 34.8 Å². The predicted octanol–water partition coefficient (Wildman–Crippen LogP) is 5.36. The lowest BCUT2D eigenvalue weighted by molar-refractivity contribution is -0.361. The largest absolute Gasteiger partial charge is 0.462 e. The zero-order valence-electron chi connectivity index (χ0n) is 9.96. The molecule has 0 saturated heterocycles. The van der Waals surface area contributed by atoms with Crippen molar-refractivity contribution < 1.29 is 30.7 Å². The molecule has 1 N–H and O–H groups in total. The number of hydrazone groups is 1. The zero-order chi connectivity index (χ0) is 17.3. The molecule has 2 nitrogen and oxygen atoms in total. The molecule has 0 saturated carbocycles. The molecule has 0 heterocycles. The molecule has 0 fully saturated rings. The highest BCUT2D eigenvalue weighted by Gasteiger charge is 2.73. The standard InChI is InChI=1S/C10H4Cl3F7N2/c11-5-1-4(7(13)6(12)2-5)3-21-22-10(19,20)8(14,15)9(16,17)18/h1-3,22H/b21-3+. The quantitative estimate of drug-likeness (QED) is 0.241. The van der Waals surface area contributed by atoms with Crippen LogP contribution >= 0.6 is 34.8 Å². The molecule has 0 aromatic heterocycles. The van der Waals surface area contributed by atoms with Crippen molar-refractivity contribution in [2.24, 2.45) is 5.10 Å². The van der Waals surface area contributed by atoms with Crippen LogP contribution in [0.3, 0.4) is 0 Å². The second kappa shape index (κ2) is 6.29. The van der Waals surface area contributed by atoms with E-state index < -0.39 is 18.1 Å². The molecule has 1 aromatic carbocycles. The normalized spacial score (nSPS) is 13.7. The highest BCUT2D eigenvalue weighted by atomic mass is 35.5. The Morgan fingerprint density at radius 2 is 1.50 bits per heavy atom. The molecule has 1 aromatic rings. The fourth-order valence-electron chi connectivity index (χ4n) is 1.10. The van der Waals surface area contributed by atoms with Crippen LogP contribution in [0, 0.1) is 0 Å². The predicted molar refractivity (Wildman–Crippen MR) is 68.2 cm³/mol. The summed E-state index contributed by atoms with van der Waals surface area (Å²) >= 11 is 16.8. The SMILES string of the molecule is FC(F)(F)C(F)(F)C(F)(F)N/N=C/c1cc(Cl)cc(Cl)c1Cl. The first-order valence-electron chi connectivity index (χ1n) is 5.07. The maximum Gasteiger partial charge on any atom is 0.462 e. The molecule has 12 heteroatoms. The first kappa shape index (κ1) is 19.1. The lowest BCUT2D eigenvalue weighted by Crippen LogP contribution is -2.58. The van der Waals surface area contributed by atoms with Crippen molar-refractivity contribution in [1.82, 2.24) is 5.43 Å². The van der Waals surface area contributed by atoms with Gasteiger partial charge in [-0.15, -0.1) is 0 Å². The summed E-state index contributed by atoms with van der Waals surface area (Å²) in [5, 5.41) is 2.35. The van der Waals surface area contributed by atoms with Gasteiger partial charge in [0.25, 0.3) is 0 Å². The maximum atomic E-state index is 12.9. The van der Waals surface area contributed by atoms with Gasteiger partial charge in [0.05, 0.1) is 16.3 Å². The molecule has 0 amide bonds. The highest BCUT2D eigenvalue weighted by Crippen LogP contribution is 2.45. The Kier molecular flexibility index (Phi) is 5.46. The van der Waals surface area contributed by atoms with Crippen molar-refractivity contribution in [1.29, 1.82) is 0 Å². The number of benzene rings is 1. The van der Waals surface area contributed by atoms with Crippen LogP contribution in [0.15, 0.2) is 17.2 Å². The molecule has 0 spiro atoms. The third-order valence-electron chi connectivity index (χ3n) is 2.18. The van der Waals surface area contributed by atoms with Crippen LogP contribution in [0.4, 0.5) is 30.7 Å². The molecule has 0 atom stereocenters. The van der Waals surface area contributed by atoms with Gasteiger partial charge in [-0.05, 0) is 12.1 Å². The zero-order valence-corrected chi connectivity index (χ0v) is 12.2. The topological polar surface area (TPSA) is 24.4 Å². The molecule has 0 unspecified atom stereocenters. The molecule has 0 bridgehead atoms. The molecule has 0 aliphatic carbocycles. The van der Waals surface area contributed by atoms with Gasteiger partial charge in [0, 0.05) is 10.6 Å². The molecule has 0 radical (unpaired) electrons. The number of hydrogen-bond acceptors (Lipinski definition) is 2. The minimum Gasteiger partial charge on any atom is -0.242 e. The third kappa shape index (κ3) is 3.88. The molecular formula is C10H4Cl3F7N2. The number of nitrogens with zero attached hydrogens (tertiary/aromatic N) is 1. The summed E-state index contributed by atoms with van der Waals surface area (Å²) in [5.74, 6) is -6.33. The van der Waals surface area contributed by atoms with E-state index in [1.54, 1.807) is 0 Å². The second-order valence-electron chi connectivity index (χ2n) is 3.81. The van der Waals surface area contributed by atoms with Gasteiger partial charge in [-0.2, -0.15) is 35.8 Å². The molecular weight excluding hydrogens is 387 g/mol. The first-order chi connectivity index (χ1) is 9.79. The summed E-state index contributed by atoms with van der Waals surface area (Å²) in [6, 6.07) is -3.39. The van der Waals surface area contributed by atoms with Crippen LogP contribution in [-0.2, 0) is 0 Å². The van der Waals surface area contributed by atoms with Crippen molar-refractivity contribution >= 4 is 41.0 Å². The summed E-state index contributed by atoms with van der Waals surface area (Å²) in [5.41, 5.74) is 0.273. The number of hydrogen-bond donors (Lipinski definition) is 1. The minimum atomic E-state index is -6.46. The van der Waals surface area contributed by atoms with Gasteiger partial charge >= 0.3 is 18.1 Å². The van der Waals surface area contributed by atoms with E-state index in [2.05, 4.69) is 5.10 Å². The Hall–Kier alpha value is -0.930. The van der Waals surface area contributed by atoms with E-state index in [-0.39, 0.29) is 20.6 Å². The first-order valence-corrected chi connectivity index (χ1v) is 6.20. The Labute approximate surface area is 133 Å². The van der Waals surface area contributed by atoms with E-state index in [0.717, 1.165) is 6.07 Å². The van der Waals surface area contributed by atoms with Gasteiger partial charge in [-0.25, -0.2) is 5.43 Å². The van der Waals surface area contributed by atoms with E-state index in [4.69, 9.17) is 34.8 Å². The van der Waals surface area contributed by atoms with Crippen molar-refractivity contribution in [3.8, 4) is 0 Å². The summed E-state index contributed by atoms with van der Waals surface area (Å²) in [6.07, 6.45) is -5.99. The van der Waals surface area contributed by atoms with E-state index >= 15 is 0 Å². The fraction of sp³-hybridized carbons (Fsp3) is 0.300. The number of halogens is 10. The van der Waals surface area contributed by atoms with Crippen LogP contribution in [0.2, 0.25) is 15.1 Å². The van der Waals surface area contributed by atoms with Gasteiger partial charge in [0.2, 0.25) is 0 Å². The van der Waals surface area contributed by atoms with Crippen molar-refractivity contribution in [3.63, 3.8) is 0 Å². The summed E-state index contributed by atoms with van der Waals surface area (Å²) in [6.45, 7) is 0. The second-order valence-corrected chi connectivity index (χ2v) is 5.03. The Bertz CT molecular complexity index is 587. The molecule has 0 aliphatic rings. The van der Waals surface area contributed by atoms with E-state index in [0.29, 0.717) is 11.6 Å². The third-order valence-corrected chi connectivity index (χ3v) is 3.21. The molecule has 124 valence electrons. The average Bonchev–Trinajstić information content (AvgIpc) is 2.33. The monoisotopic (exact) mass is 390 g/mol. The van der Waals surface area contributed by atoms with Gasteiger partial charge in [0.1, 0.15) is 0 Å². The number of rotatable bonds is 4. The minimum absolute atomic E-state index is 0.0169. The number of alkyl halides is 7. The van der Waals surface area contributed by atoms with E-state index in [9.17, 15) is 30.7 Å². The Balaban J connectivity index is 2.99. The van der Waals surface area contributed by atoms with Crippen molar-refractivity contribution in [2.75, 3.05) is 0 Å². The maximum absolute atomic E-state index is 12.9. The molecule has 1 rings (SSSR count). The fourth-order valence-corrected chi connectivity index (χ4v) is 1.77. The van der Waals surface area contributed by atoms with Crippen LogP contribution in [-0.4, -0.2) is 24.4 Å². The smallest absolute Gasteiger partial charge is 0.242 e. The summed E-state index contributed by atoms with van der Waals surface area (Å²) < 4.78 is 86.5. The highest BCUT2D eigenvalue weighted by molar-refractivity contribution is 6.44. The summed E-state index contributed by atoms with van der Waals surface area (Å²) in [7, 11) is 0. The van der Waals surface area contributed by atoms with Crippen LogP contribution in [0.5, 0.6) is 0 Å². The lowest BCUT2D eigenvalue weighted by atomic mass is 10.2. The van der Waals surface area contributed by atoms with Gasteiger partial charge in [-0.3, -0.25) is 0 Å². The van der Waals surface area contributed by atoms with Crippen LogP contribution in [0.1, 0.15) is 5.56 Å². The average molecular weight is 392 g/mol. The van der Waals surface area contributed by atoms with Crippen LogP contribution < -0.4 is 5.43 Å². The Morgan fingerprint density at radius 3 is 2.00 bits per heavy atom. The van der Waals surface area contributed by atoms with Crippen LogP contribution in [0.25, 0.3) is 0 Å². The molecule has 22 heavy (non-hydrogen) atoms. The van der Waals surface area contributed by atoms with Crippen molar-refractivity contribution in [2.45, 2.75) is 18.1 Å². The van der Waals surface area contributed by atoms with Crippen molar-refractivity contribution in [3.05, 3.63) is 32.8 Å². The molecule has 0 aliphatic heterocycles. The summed E-state index contributed by atoms with van der Waals surface area (Å²) in [4.78, 5) is 0. The lowest BCUT2D eigenvalue weighted by Gasteiger charge is -2.27. The van der Waals surface area contributed by atoms with E-state index in [1.165, 1.54) is 6.07 Å². The van der Waals surface area contributed by atoms with E-state index in [1.807, 2.05) is 0 Å². The number of nitrogens with one attached hydrogen (secondary N) is 1.